The first-order valence-corrected chi connectivity index (χ1v) is 14.3. The largest absolute Gasteiger partial charge is 0.276 e. The summed E-state index contributed by atoms with van der Waals surface area (Å²) in [7, 11) is 0. The van der Waals surface area contributed by atoms with Gasteiger partial charge in [0.05, 0.1) is 12.1 Å². The molecule has 0 bridgehead atoms. The van der Waals surface area contributed by atoms with Crippen LogP contribution in [0.2, 0.25) is 0 Å². The van der Waals surface area contributed by atoms with Crippen molar-refractivity contribution < 1.29 is 0 Å². The zero-order chi connectivity index (χ0) is 29.6. The van der Waals surface area contributed by atoms with Crippen LogP contribution < -0.4 is 0 Å². The molecule has 0 amide bonds. The zero-order valence-electron chi connectivity index (χ0n) is 23.5. The predicted octanol–water partition coefficient (Wildman–Crippen LogP) is 10.5. The molecule has 0 saturated carbocycles. The van der Waals surface area contributed by atoms with E-state index in [0.717, 1.165) is 33.4 Å². The molecule has 6 aromatic carbocycles. The molecule has 0 unspecified atom stereocenters. The molecule has 2 aromatic heterocycles. The maximum absolute atomic E-state index is 9.27. The van der Waals surface area contributed by atoms with Crippen LogP contribution in [0.4, 0.5) is 5.69 Å². The lowest BCUT2D eigenvalue weighted by atomic mass is 9.87. The van der Waals surface area contributed by atoms with Crippen LogP contribution >= 0.6 is 0 Å². The fraction of sp³-hybridized carbons (Fsp3) is 0. The van der Waals surface area contributed by atoms with Gasteiger partial charge in [-0.2, -0.15) is 5.26 Å². The average Bonchev–Trinajstić information content (AvgIpc) is 3.10. The molecule has 0 N–H and O–H groups in total. The fourth-order valence-electron chi connectivity index (χ4n) is 6.29. The lowest BCUT2D eigenvalue weighted by Gasteiger charge is -2.17. The monoisotopic (exact) mass is 558 g/mol. The maximum atomic E-state index is 9.27. The van der Waals surface area contributed by atoms with Crippen molar-refractivity contribution in [1.29, 1.82) is 5.26 Å². The number of hydrogen-bond donors (Lipinski definition) is 0. The second kappa shape index (κ2) is 10.2. The van der Waals surface area contributed by atoms with Gasteiger partial charge in [0.1, 0.15) is 6.07 Å². The van der Waals surface area contributed by atoms with Crippen molar-refractivity contribution in [2.24, 2.45) is 0 Å². The first-order chi connectivity index (χ1) is 21.7. The first-order valence-electron chi connectivity index (χ1n) is 14.3. The molecule has 0 atom stereocenters. The molecule has 0 aliphatic carbocycles. The molecule has 44 heavy (non-hydrogen) atoms. The highest BCUT2D eigenvalue weighted by Gasteiger charge is 2.15. The van der Waals surface area contributed by atoms with Crippen molar-refractivity contribution in [3.63, 3.8) is 0 Å². The number of pyridine rings is 2. The van der Waals surface area contributed by atoms with E-state index in [2.05, 4.69) is 118 Å². The van der Waals surface area contributed by atoms with Gasteiger partial charge < -0.3 is 0 Å². The summed E-state index contributed by atoms with van der Waals surface area (Å²) in [6.45, 7) is 7.31. The van der Waals surface area contributed by atoms with Crippen LogP contribution in [0, 0.1) is 17.9 Å². The predicted molar refractivity (Wildman–Crippen MR) is 178 cm³/mol. The summed E-state index contributed by atoms with van der Waals surface area (Å²) in [5, 5.41) is 16.7. The first kappa shape index (κ1) is 25.4. The molecule has 8 rings (SSSR count). The summed E-state index contributed by atoms with van der Waals surface area (Å²) in [4.78, 5) is 12.0. The van der Waals surface area contributed by atoms with Crippen molar-refractivity contribution in [2.45, 2.75) is 0 Å². The fourth-order valence-corrected chi connectivity index (χ4v) is 6.29. The normalized spacial score (nSPS) is 11.1. The number of benzene rings is 6. The Morgan fingerprint density at radius 3 is 1.50 bits per heavy atom. The van der Waals surface area contributed by atoms with E-state index in [1.807, 2.05) is 12.1 Å². The van der Waals surface area contributed by atoms with Crippen LogP contribution in [0.1, 0.15) is 5.56 Å². The molecular weight excluding hydrogens is 536 g/mol. The van der Waals surface area contributed by atoms with Crippen molar-refractivity contribution in [1.82, 2.24) is 9.97 Å². The van der Waals surface area contributed by atoms with Gasteiger partial charge in [0, 0.05) is 30.4 Å². The molecule has 0 aliphatic rings. The highest BCUT2D eigenvalue weighted by atomic mass is 14.7. The van der Waals surface area contributed by atoms with Gasteiger partial charge >= 0.3 is 0 Å². The van der Waals surface area contributed by atoms with Gasteiger partial charge in [-0.1, -0.05) is 97.1 Å². The summed E-state index contributed by atoms with van der Waals surface area (Å²) < 4.78 is 0. The van der Waals surface area contributed by atoms with Gasteiger partial charge in [-0.3, -0.25) is 9.97 Å². The SMILES string of the molecule is [C-]#[N+]c1cncc(-c2ccc(-c3ccc4ccc5c(-c6ccc(-c7cncc(C#N)c7)cc6)ccc6ccc3c4c65)cc2)c1. The van der Waals surface area contributed by atoms with E-state index in [1.165, 1.54) is 43.4 Å². The van der Waals surface area contributed by atoms with Crippen molar-refractivity contribution >= 4 is 38.0 Å². The highest BCUT2D eigenvalue weighted by molar-refractivity contribution is 6.27. The van der Waals surface area contributed by atoms with Gasteiger partial charge in [0.25, 0.3) is 0 Å². The Morgan fingerprint density at radius 2 is 0.977 bits per heavy atom. The van der Waals surface area contributed by atoms with Crippen LogP contribution in [0.15, 0.2) is 134 Å². The summed E-state index contributed by atoms with van der Waals surface area (Å²) in [5.41, 5.74) is 9.69. The van der Waals surface area contributed by atoms with E-state index < -0.39 is 0 Å². The third-order valence-corrected chi connectivity index (χ3v) is 8.44. The Labute approximate surface area is 254 Å². The van der Waals surface area contributed by atoms with Crippen LogP contribution in [0.25, 0.3) is 81.7 Å². The zero-order valence-corrected chi connectivity index (χ0v) is 23.5. The van der Waals surface area contributed by atoms with Crippen molar-refractivity contribution in [2.75, 3.05) is 0 Å². The number of aromatic nitrogens is 2. The molecule has 0 spiro atoms. The minimum Gasteiger partial charge on any atom is -0.276 e. The standard InChI is InChI=1S/C40H22N4/c1-42-34-19-33(23-44-24-34)27-4-8-29(9-5-27)36-15-11-31-12-16-37-35(14-10-30-13-17-38(36)40(31)39(30)37)28-6-2-26(3-7-28)32-18-25(20-41)21-43-22-32/h2-19,21-24H. The molecular formula is C40H22N4. The third-order valence-electron chi connectivity index (χ3n) is 8.44. The molecule has 0 aliphatic heterocycles. The molecule has 4 nitrogen and oxygen atoms in total. The van der Waals surface area contributed by atoms with Gasteiger partial charge in [-0.15, -0.1) is 0 Å². The second-order valence-corrected chi connectivity index (χ2v) is 10.9. The average molecular weight is 559 g/mol. The molecule has 0 fully saturated rings. The minimum absolute atomic E-state index is 0.538. The number of nitriles is 1. The van der Waals surface area contributed by atoms with E-state index >= 15 is 0 Å². The Morgan fingerprint density at radius 1 is 0.500 bits per heavy atom. The second-order valence-electron chi connectivity index (χ2n) is 10.9. The van der Waals surface area contributed by atoms with E-state index in [9.17, 15) is 5.26 Å². The molecule has 0 radical (unpaired) electrons. The van der Waals surface area contributed by atoms with Gasteiger partial charge in [0.15, 0.2) is 0 Å². The summed E-state index contributed by atoms with van der Waals surface area (Å²) in [5.74, 6) is 0. The molecule has 202 valence electrons. The van der Waals surface area contributed by atoms with Gasteiger partial charge in [0.2, 0.25) is 5.69 Å². The summed E-state index contributed by atoms with van der Waals surface area (Å²) >= 11 is 0. The van der Waals surface area contributed by atoms with Gasteiger partial charge in [-0.05, 0) is 83.4 Å². The lowest BCUT2D eigenvalue weighted by molar-refractivity contribution is 1.30. The molecule has 8 aromatic rings. The van der Waals surface area contributed by atoms with E-state index in [4.69, 9.17) is 6.57 Å². The van der Waals surface area contributed by atoms with Crippen LogP contribution in [0.5, 0.6) is 0 Å². The summed E-state index contributed by atoms with van der Waals surface area (Å²) in [6, 6.07) is 40.7. The number of nitrogens with zero attached hydrogens (tertiary/aromatic N) is 4. The Kier molecular flexibility index (Phi) is 5.86. The Bertz CT molecular complexity index is 2270. The summed E-state index contributed by atoms with van der Waals surface area (Å²) in [6.07, 6.45) is 6.76. The van der Waals surface area contributed by atoms with Crippen LogP contribution in [0.3, 0.4) is 0 Å². The smallest absolute Gasteiger partial charge is 0.205 e. The molecule has 0 saturated heterocycles. The molecule has 4 heteroatoms. The van der Waals surface area contributed by atoms with E-state index in [1.54, 1.807) is 24.8 Å². The Hall–Kier alpha value is -6.36. The lowest BCUT2D eigenvalue weighted by Crippen LogP contribution is -1.90. The Balaban J connectivity index is 1.23. The van der Waals surface area contributed by atoms with Gasteiger partial charge in [-0.25, -0.2) is 4.85 Å². The van der Waals surface area contributed by atoms with Crippen LogP contribution in [-0.2, 0) is 0 Å². The third kappa shape index (κ3) is 4.14. The number of hydrogen-bond acceptors (Lipinski definition) is 3. The van der Waals surface area contributed by atoms with Crippen molar-refractivity contribution in [3.8, 4) is 50.6 Å². The molecule has 2 heterocycles. The van der Waals surface area contributed by atoms with E-state index in [0.29, 0.717) is 11.3 Å². The highest BCUT2D eigenvalue weighted by Crippen LogP contribution is 2.42. The minimum atomic E-state index is 0.538. The van der Waals surface area contributed by atoms with Crippen molar-refractivity contribution in [3.05, 3.63) is 151 Å². The van der Waals surface area contributed by atoms with E-state index in [-0.39, 0.29) is 0 Å². The maximum Gasteiger partial charge on any atom is 0.205 e. The topological polar surface area (TPSA) is 53.9 Å². The quantitative estimate of drug-likeness (QED) is 0.159. The number of rotatable bonds is 4. The van der Waals surface area contributed by atoms with Crippen LogP contribution in [-0.4, -0.2) is 9.97 Å².